The van der Waals surface area contributed by atoms with Crippen LogP contribution in [0.4, 0.5) is 0 Å². The number of methoxy groups -OCH3 is 2. The van der Waals surface area contributed by atoms with Gasteiger partial charge in [-0.2, -0.15) is 0 Å². The van der Waals surface area contributed by atoms with Crippen molar-refractivity contribution in [3.05, 3.63) is 0 Å². The minimum atomic E-state index is -1.45. The fourth-order valence-electron chi connectivity index (χ4n) is 2.52. The standard InChI is InChI=1S/C13H20O7/c1-8(14)20-10-5-7-13(11(16)18-2,12(17)19-3)6-4-9(10)15/h9-10,15H,4-7H2,1-3H3/t9-,10-/m1/s1. The monoisotopic (exact) mass is 288 g/mol. The minimum Gasteiger partial charge on any atom is -0.468 e. The molecule has 0 bridgehead atoms. The molecule has 0 aromatic rings. The number of hydrogen-bond acceptors (Lipinski definition) is 7. The number of esters is 3. The Labute approximate surface area is 117 Å². The summed E-state index contributed by atoms with van der Waals surface area (Å²) in [7, 11) is 2.38. The van der Waals surface area contributed by atoms with Gasteiger partial charge in [-0.25, -0.2) is 0 Å². The van der Waals surface area contributed by atoms with Gasteiger partial charge in [-0.15, -0.1) is 0 Å². The zero-order valence-electron chi connectivity index (χ0n) is 11.9. The van der Waals surface area contributed by atoms with Crippen LogP contribution in [0.15, 0.2) is 0 Å². The van der Waals surface area contributed by atoms with E-state index in [9.17, 15) is 19.5 Å². The third kappa shape index (κ3) is 3.27. The van der Waals surface area contributed by atoms with Gasteiger partial charge in [0.05, 0.1) is 20.3 Å². The summed E-state index contributed by atoms with van der Waals surface area (Å²) in [5.41, 5.74) is -1.45. The van der Waals surface area contributed by atoms with Crippen molar-refractivity contribution in [1.29, 1.82) is 0 Å². The van der Waals surface area contributed by atoms with Crippen LogP contribution in [0.2, 0.25) is 0 Å². The fourth-order valence-corrected chi connectivity index (χ4v) is 2.52. The molecule has 2 atom stereocenters. The van der Waals surface area contributed by atoms with Gasteiger partial charge < -0.3 is 19.3 Å². The molecule has 0 radical (unpaired) electrons. The largest absolute Gasteiger partial charge is 0.468 e. The highest BCUT2D eigenvalue weighted by Crippen LogP contribution is 2.38. The van der Waals surface area contributed by atoms with Crippen LogP contribution in [0.5, 0.6) is 0 Å². The molecule has 1 N–H and O–H groups in total. The smallest absolute Gasteiger partial charge is 0.323 e. The molecule has 20 heavy (non-hydrogen) atoms. The summed E-state index contributed by atoms with van der Waals surface area (Å²) in [6.07, 6.45) is -1.14. The Hall–Kier alpha value is -1.63. The molecule has 0 aromatic heterocycles. The second kappa shape index (κ2) is 6.69. The van der Waals surface area contributed by atoms with Gasteiger partial charge in [0.15, 0.2) is 5.41 Å². The van der Waals surface area contributed by atoms with E-state index in [1.54, 1.807) is 0 Å². The first-order valence-corrected chi connectivity index (χ1v) is 6.39. The van der Waals surface area contributed by atoms with Crippen molar-refractivity contribution in [2.45, 2.75) is 44.8 Å². The minimum absolute atomic E-state index is 0.0886. The third-order valence-electron chi connectivity index (χ3n) is 3.62. The van der Waals surface area contributed by atoms with E-state index in [0.717, 1.165) is 0 Å². The first kappa shape index (κ1) is 16.4. The van der Waals surface area contributed by atoms with Crippen LogP contribution in [0, 0.1) is 5.41 Å². The summed E-state index contributed by atoms with van der Waals surface area (Å²) in [6, 6.07) is 0. The molecule has 114 valence electrons. The molecule has 1 fully saturated rings. The van der Waals surface area contributed by atoms with Crippen molar-refractivity contribution in [1.82, 2.24) is 0 Å². The van der Waals surface area contributed by atoms with E-state index in [2.05, 4.69) is 0 Å². The van der Waals surface area contributed by atoms with Crippen LogP contribution in [0.25, 0.3) is 0 Å². The number of carbonyl (C=O) groups is 3. The average Bonchev–Trinajstić information content (AvgIpc) is 2.58. The van der Waals surface area contributed by atoms with Crippen molar-refractivity contribution in [3.8, 4) is 0 Å². The van der Waals surface area contributed by atoms with Crippen LogP contribution in [-0.4, -0.2) is 49.4 Å². The fraction of sp³-hybridized carbons (Fsp3) is 0.769. The molecule has 0 saturated heterocycles. The van der Waals surface area contributed by atoms with Crippen LogP contribution >= 0.6 is 0 Å². The number of aliphatic hydroxyl groups is 1. The molecule has 0 aromatic carbocycles. The number of hydrogen-bond donors (Lipinski definition) is 1. The predicted octanol–water partition coefficient (Wildman–Crippen LogP) is 0.185. The molecule has 1 saturated carbocycles. The Morgan fingerprint density at radius 3 is 2.00 bits per heavy atom. The van der Waals surface area contributed by atoms with Gasteiger partial charge in [0.2, 0.25) is 0 Å². The molecule has 0 unspecified atom stereocenters. The predicted molar refractivity (Wildman–Crippen MR) is 66.5 cm³/mol. The molecule has 1 rings (SSSR count). The highest BCUT2D eigenvalue weighted by Gasteiger charge is 2.50. The highest BCUT2D eigenvalue weighted by atomic mass is 16.6. The molecule has 1 aliphatic carbocycles. The van der Waals surface area contributed by atoms with E-state index in [1.807, 2.05) is 0 Å². The van der Waals surface area contributed by atoms with Crippen molar-refractivity contribution in [2.24, 2.45) is 5.41 Å². The number of rotatable bonds is 3. The number of carbonyl (C=O) groups excluding carboxylic acids is 3. The maximum atomic E-state index is 12.0. The molecular formula is C13H20O7. The van der Waals surface area contributed by atoms with E-state index in [-0.39, 0.29) is 25.7 Å². The Kier molecular flexibility index (Phi) is 5.50. The second-order valence-electron chi connectivity index (χ2n) is 4.86. The van der Waals surface area contributed by atoms with Gasteiger partial charge in [0, 0.05) is 6.92 Å². The van der Waals surface area contributed by atoms with E-state index in [1.165, 1.54) is 21.1 Å². The SMILES string of the molecule is COC(=O)C1(C(=O)OC)CC[C@@H](O)[C@H](OC(C)=O)CC1. The average molecular weight is 288 g/mol. The van der Waals surface area contributed by atoms with E-state index >= 15 is 0 Å². The molecular weight excluding hydrogens is 268 g/mol. The summed E-state index contributed by atoms with van der Waals surface area (Å²) >= 11 is 0. The number of aliphatic hydroxyl groups excluding tert-OH is 1. The number of ether oxygens (including phenoxy) is 3. The van der Waals surface area contributed by atoms with E-state index in [0.29, 0.717) is 0 Å². The van der Waals surface area contributed by atoms with Crippen molar-refractivity contribution in [2.75, 3.05) is 14.2 Å². The van der Waals surface area contributed by atoms with Crippen LogP contribution in [0.3, 0.4) is 0 Å². The lowest BCUT2D eigenvalue weighted by Gasteiger charge is -2.26. The third-order valence-corrected chi connectivity index (χ3v) is 3.62. The van der Waals surface area contributed by atoms with Crippen LogP contribution < -0.4 is 0 Å². The first-order valence-electron chi connectivity index (χ1n) is 6.39. The van der Waals surface area contributed by atoms with Gasteiger partial charge in [-0.3, -0.25) is 14.4 Å². The molecule has 1 aliphatic rings. The summed E-state index contributed by atoms with van der Waals surface area (Å²) in [6.45, 7) is 1.24. The first-order chi connectivity index (χ1) is 9.37. The summed E-state index contributed by atoms with van der Waals surface area (Å²) < 4.78 is 14.4. The zero-order valence-corrected chi connectivity index (χ0v) is 11.9. The Morgan fingerprint density at radius 1 is 1.05 bits per heavy atom. The summed E-state index contributed by atoms with van der Waals surface area (Å²) in [5.74, 6) is -1.90. The summed E-state index contributed by atoms with van der Waals surface area (Å²) in [5, 5.41) is 9.96. The second-order valence-corrected chi connectivity index (χ2v) is 4.86. The Balaban J connectivity index is 2.97. The van der Waals surface area contributed by atoms with Crippen molar-refractivity contribution < 1.29 is 33.7 Å². The quantitative estimate of drug-likeness (QED) is 0.342. The van der Waals surface area contributed by atoms with Crippen molar-refractivity contribution in [3.63, 3.8) is 0 Å². The van der Waals surface area contributed by atoms with Gasteiger partial charge in [-0.1, -0.05) is 0 Å². The highest BCUT2D eigenvalue weighted by molar-refractivity contribution is 6.00. The van der Waals surface area contributed by atoms with Crippen LogP contribution in [-0.2, 0) is 28.6 Å². The molecule has 0 aliphatic heterocycles. The van der Waals surface area contributed by atoms with Crippen molar-refractivity contribution >= 4 is 17.9 Å². The topological polar surface area (TPSA) is 99.1 Å². The molecule has 0 amide bonds. The van der Waals surface area contributed by atoms with E-state index < -0.39 is 35.5 Å². The lowest BCUT2D eigenvalue weighted by molar-refractivity contribution is -0.170. The molecule has 7 nitrogen and oxygen atoms in total. The van der Waals surface area contributed by atoms with Gasteiger partial charge in [0.1, 0.15) is 6.10 Å². The van der Waals surface area contributed by atoms with Gasteiger partial charge in [0.25, 0.3) is 0 Å². The maximum absolute atomic E-state index is 12.0. The van der Waals surface area contributed by atoms with Crippen LogP contribution in [0.1, 0.15) is 32.6 Å². The Bertz CT molecular complexity index is 374. The lowest BCUT2D eigenvalue weighted by Crippen LogP contribution is -2.41. The normalized spacial score (nSPS) is 25.2. The molecule has 0 heterocycles. The zero-order chi connectivity index (χ0) is 15.3. The van der Waals surface area contributed by atoms with Gasteiger partial charge >= 0.3 is 17.9 Å². The maximum Gasteiger partial charge on any atom is 0.323 e. The molecule has 0 spiro atoms. The van der Waals surface area contributed by atoms with E-state index in [4.69, 9.17) is 14.2 Å². The lowest BCUT2D eigenvalue weighted by atomic mass is 9.80. The molecule has 7 heteroatoms. The summed E-state index contributed by atoms with van der Waals surface area (Å²) in [4.78, 5) is 34.9. The van der Waals surface area contributed by atoms with Gasteiger partial charge in [-0.05, 0) is 25.7 Å². The Morgan fingerprint density at radius 2 is 1.55 bits per heavy atom.